The first-order valence-corrected chi connectivity index (χ1v) is 6.87. The van der Waals surface area contributed by atoms with Crippen LogP contribution in [0.2, 0.25) is 0 Å². The Balaban J connectivity index is 2.00. The van der Waals surface area contributed by atoms with Gasteiger partial charge in [-0.2, -0.15) is 0 Å². The van der Waals surface area contributed by atoms with E-state index in [-0.39, 0.29) is 28.1 Å². The molecule has 0 radical (unpaired) electrons. The van der Waals surface area contributed by atoms with Crippen LogP contribution in [0.25, 0.3) is 0 Å². The van der Waals surface area contributed by atoms with E-state index in [2.05, 4.69) is 33.0 Å². The average Bonchev–Trinajstić information content (AvgIpc) is 2.76. The fraction of sp³-hybridized carbons (Fsp3) is 0.562. The molecule has 1 aromatic carbocycles. The third kappa shape index (κ3) is 2.23. The summed E-state index contributed by atoms with van der Waals surface area (Å²) in [5, 5.41) is 12.7. The number of ether oxygens (including phenoxy) is 1. The van der Waals surface area contributed by atoms with E-state index in [1.165, 1.54) is 13.2 Å². The molecule has 0 saturated heterocycles. The van der Waals surface area contributed by atoms with Crippen LogP contribution in [0.3, 0.4) is 0 Å². The Morgan fingerprint density at radius 2 is 1.90 bits per heavy atom. The second-order valence-electron chi connectivity index (χ2n) is 6.59. The maximum absolute atomic E-state index is 12.1. The molecule has 1 aliphatic carbocycles. The molecule has 0 aromatic heterocycles. The first kappa shape index (κ1) is 14.7. The average molecular weight is 277 g/mol. The third-order valence-electron chi connectivity index (χ3n) is 5.24. The van der Waals surface area contributed by atoms with Gasteiger partial charge in [-0.3, -0.25) is 4.79 Å². The largest absolute Gasteiger partial charge is 0.507 e. The molecule has 20 heavy (non-hydrogen) atoms. The number of amides is 1. The standard InChI is InChI=1S/C16H23NO3/c1-15(2)13(16(15,3)4)9-17-14(19)11-7-6-10(20-5)8-12(11)18/h6-8,13,18H,9H2,1-5H3,(H,17,19). The maximum atomic E-state index is 12.1. The predicted molar refractivity (Wildman–Crippen MR) is 78.0 cm³/mol. The molecule has 0 heterocycles. The molecule has 1 amide bonds. The highest BCUT2D eigenvalue weighted by atomic mass is 16.5. The second kappa shape index (κ2) is 4.69. The van der Waals surface area contributed by atoms with Crippen molar-refractivity contribution in [3.05, 3.63) is 23.8 Å². The van der Waals surface area contributed by atoms with Gasteiger partial charge < -0.3 is 15.2 Å². The van der Waals surface area contributed by atoms with Crippen molar-refractivity contribution >= 4 is 5.91 Å². The van der Waals surface area contributed by atoms with Crippen molar-refractivity contribution in [2.24, 2.45) is 16.7 Å². The van der Waals surface area contributed by atoms with Crippen molar-refractivity contribution < 1.29 is 14.6 Å². The van der Waals surface area contributed by atoms with Crippen LogP contribution in [0, 0.1) is 16.7 Å². The first-order valence-electron chi connectivity index (χ1n) is 6.87. The number of phenolic OH excluding ortho intramolecular Hbond substituents is 1. The smallest absolute Gasteiger partial charge is 0.255 e. The normalized spacial score (nSPS) is 19.4. The van der Waals surface area contributed by atoms with Crippen molar-refractivity contribution in [2.75, 3.05) is 13.7 Å². The zero-order valence-electron chi connectivity index (χ0n) is 12.8. The van der Waals surface area contributed by atoms with E-state index in [1.54, 1.807) is 12.1 Å². The van der Waals surface area contributed by atoms with E-state index in [0.717, 1.165) is 0 Å². The minimum Gasteiger partial charge on any atom is -0.507 e. The van der Waals surface area contributed by atoms with Crippen molar-refractivity contribution in [1.29, 1.82) is 0 Å². The number of methoxy groups -OCH3 is 1. The summed E-state index contributed by atoms with van der Waals surface area (Å²) in [5.74, 6) is 0.683. The SMILES string of the molecule is COc1ccc(C(=O)NCC2C(C)(C)C2(C)C)c(O)c1. The van der Waals surface area contributed by atoms with Gasteiger partial charge in [0.1, 0.15) is 11.5 Å². The molecular weight excluding hydrogens is 254 g/mol. The van der Waals surface area contributed by atoms with Gasteiger partial charge in [0, 0.05) is 12.6 Å². The number of hydrogen-bond donors (Lipinski definition) is 2. The zero-order valence-corrected chi connectivity index (χ0v) is 12.8. The Morgan fingerprint density at radius 3 is 2.35 bits per heavy atom. The number of hydrogen-bond acceptors (Lipinski definition) is 3. The molecule has 2 rings (SSSR count). The van der Waals surface area contributed by atoms with Crippen LogP contribution in [0.1, 0.15) is 38.1 Å². The fourth-order valence-corrected chi connectivity index (χ4v) is 2.96. The molecule has 110 valence electrons. The number of phenols is 1. The number of carbonyl (C=O) groups excluding carboxylic acids is 1. The first-order chi connectivity index (χ1) is 9.21. The molecule has 2 N–H and O–H groups in total. The number of carbonyl (C=O) groups is 1. The molecule has 0 bridgehead atoms. The van der Waals surface area contributed by atoms with Crippen LogP contribution >= 0.6 is 0 Å². The fourth-order valence-electron chi connectivity index (χ4n) is 2.96. The number of aromatic hydroxyl groups is 1. The van der Waals surface area contributed by atoms with Crippen LogP contribution in [-0.4, -0.2) is 24.7 Å². The Kier molecular flexibility index (Phi) is 3.44. The molecular formula is C16H23NO3. The summed E-state index contributed by atoms with van der Waals surface area (Å²) in [6.45, 7) is 9.50. The molecule has 0 aliphatic heterocycles. The lowest BCUT2D eigenvalue weighted by Crippen LogP contribution is -2.27. The monoisotopic (exact) mass is 277 g/mol. The lowest BCUT2D eigenvalue weighted by molar-refractivity contribution is 0.0947. The van der Waals surface area contributed by atoms with Gasteiger partial charge >= 0.3 is 0 Å². The second-order valence-corrected chi connectivity index (χ2v) is 6.59. The topological polar surface area (TPSA) is 58.6 Å². The van der Waals surface area contributed by atoms with Crippen LogP contribution in [0.5, 0.6) is 11.5 Å². The van der Waals surface area contributed by atoms with Gasteiger partial charge in [-0.15, -0.1) is 0 Å². The van der Waals surface area contributed by atoms with Gasteiger partial charge in [0.2, 0.25) is 0 Å². The summed E-state index contributed by atoms with van der Waals surface area (Å²) in [6, 6.07) is 4.69. The third-order valence-corrected chi connectivity index (χ3v) is 5.24. The highest BCUT2D eigenvalue weighted by molar-refractivity contribution is 5.97. The minimum atomic E-state index is -0.247. The Hall–Kier alpha value is -1.71. The van der Waals surface area contributed by atoms with E-state index in [1.807, 2.05) is 0 Å². The molecule has 1 aliphatic rings. The number of nitrogens with one attached hydrogen (secondary N) is 1. The molecule has 1 aromatic rings. The van der Waals surface area contributed by atoms with Gasteiger partial charge in [0.25, 0.3) is 5.91 Å². The lowest BCUT2D eigenvalue weighted by Gasteiger charge is -2.09. The van der Waals surface area contributed by atoms with Crippen molar-refractivity contribution in [3.63, 3.8) is 0 Å². The summed E-state index contributed by atoms with van der Waals surface area (Å²) in [7, 11) is 1.52. The van der Waals surface area contributed by atoms with E-state index in [4.69, 9.17) is 4.74 Å². The summed E-state index contributed by atoms with van der Waals surface area (Å²) in [4.78, 5) is 12.1. The van der Waals surface area contributed by atoms with Crippen molar-refractivity contribution in [3.8, 4) is 11.5 Å². The minimum absolute atomic E-state index is 0.0591. The van der Waals surface area contributed by atoms with E-state index < -0.39 is 0 Å². The predicted octanol–water partition coefficient (Wildman–Crippen LogP) is 2.81. The Bertz CT molecular complexity index is 521. The Morgan fingerprint density at radius 1 is 1.30 bits per heavy atom. The van der Waals surface area contributed by atoms with Crippen molar-refractivity contribution in [1.82, 2.24) is 5.32 Å². The maximum Gasteiger partial charge on any atom is 0.255 e. The van der Waals surface area contributed by atoms with Crippen LogP contribution < -0.4 is 10.1 Å². The number of rotatable bonds is 4. The molecule has 4 heteroatoms. The Labute approximate surface area is 120 Å². The summed E-state index contributed by atoms with van der Waals surface area (Å²) in [6.07, 6.45) is 0. The lowest BCUT2D eigenvalue weighted by atomic mass is 10.0. The molecule has 1 fully saturated rings. The molecule has 0 atom stereocenters. The highest BCUT2D eigenvalue weighted by Crippen LogP contribution is 2.67. The zero-order chi connectivity index (χ0) is 15.1. The van der Waals surface area contributed by atoms with E-state index in [9.17, 15) is 9.90 Å². The summed E-state index contributed by atoms with van der Waals surface area (Å²) >= 11 is 0. The van der Waals surface area contributed by atoms with Crippen LogP contribution in [0.4, 0.5) is 0 Å². The quantitative estimate of drug-likeness (QED) is 0.889. The number of benzene rings is 1. The van der Waals surface area contributed by atoms with Crippen LogP contribution in [-0.2, 0) is 0 Å². The van der Waals surface area contributed by atoms with E-state index >= 15 is 0 Å². The van der Waals surface area contributed by atoms with Gasteiger partial charge in [-0.25, -0.2) is 0 Å². The summed E-state index contributed by atoms with van der Waals surface area (Å²) in [5.41, 5.74) is 0.756. The molecule has 1 saturated carbocycles. The van der Waals surface area contributed by atoms with Crippen molar-refractivity contribution in [2.45, 2.75) is 27.7 Å². The van der Waals surface area contributed by atoms with Gasteiger partial charge in [-0.1, -0.05) is 27.7 Å². The van der Waals surface area contributed by atoms with Crippen LogP contribution in [0.15, 0.2) is 18.2 Å². The summed E-state index contributed by atoms with van der Waals surface area (Å²) < 4.78 is 5.00. The molecule has 4 nitrogen and oxygen atoms in total. The molecule has 0 spiro atoms. The van der Waals surface area contributed by atoms with Gasteiger partial charge in [0.05, 0.1) is 12.7 Å². The highest BCUT2D eigenvalue weighted by Gasteiger charge is 2.64. The van der Waals surface area contributed by atoms with Gasteiger partial charge in [-0.05, 0) is 28.9 Å². The molecule has 0 unspecified atom stereocenters. The van der Waals surface area contributed by atoms with Gasteiger partial charge in [0.15, 0.2) is 0 Å². The van der Waals surface area contributed by atoms with E-state index in [0.29, 0.717) is 18.2 Å².